The van der Waals surface area contributed by atoms with Crippen LogP contribution in [0.4, 0.5) is 14.6 Å². The van der Waals surface area contributed by atoms with Gasteiger partial charge in [0.2, 0.25) is 0 Å². The molecule has 3 atom stereocenters. The number of halogens is 2. The Morgan fingerprint density at radius 2 is 2.10 bits per heavy atom. The predicted molar refractivity (Wildman–Crippen MR) is 152 cm³/mol. The summed E-state index contributed by atoms with van der Waals surface area (Å²) in [6, 6.07) is 8.71. The van der Waals surface area contributed by atoms with E-state index in [9.17, 15) is 13.6 Å². The molecule has 0 radical (unpaired) electrons. The molecule has 0 spiro atoms. The number of carbonyl (C=O) groups is 1. The largest absolute Gasteiger partial charge is 0.492 e. The lowest BCUT2D eigenvalue weighted by atomic mass is 10.1. The molecule has 1 amide bonds. The van der Waals surface area contributed by atoms with Gasteiger partial charge in [-0.15, -0.1) is 14.3 Å². The summed E-state index contributed by atoms with van der Waals surface area (Å²) in [5.41, 5.74) is 3.33. The average molecular weight is 564 g/mol. The van der Waals surface area contributed by atoms with Gasteiger partial charge < -0.3 is 15.0 Å². The van der Waals surface area contributed by atoms with Crippen LogP contribution in [0.3, 0.4) is 0 Å². The summed E-state index contributed by atoms with van der Waals surface area (Å²) in [5, 5.41) is 15.4. The third-order valence-electron chi connectivity index (χ3n) is 7.09. The number of aromatic nitrogens is 5. The highest BCUT2D eigenvalue weighted by Crippen LogP contribution is 2.33. The first-order valence-electron chi connectivity index (χ1n) is 13.1. The van der Waals surface area contributed by atoms with Crippen LogP contribution < -0.4 is 15.0 Å². The first kappa shape index (κ1) is 26.1. The Balaban J connectivity index is 1.22. The van der Waals surface area contributed by atoms with E-state index in [0.29, 0.717) is 37.4 Å². The Labute approximate surface area is 231 Å². The lowest BCUT2D eigenvalue weighted by Crippen LogP contribution is -2.37. The van der Waals surface area contributed by atoms with Gasteiger partial charge in [-0.25, -0.2) is 18.3 Å². The quantitative estimate of drug-likeness (QED) is 0.293. The Bertz CT molecular complexity index is 1690. The molecule has 1 aromatic carbocycles. The van der Waals surface area contributed by atoms with Gasteiger partial charge in [-0.1, -0.05) is 0 Å². The van der Waals surface area contributed by atoms with Crippen molar-refractivity contribution in [2.24, 2.45) is 0 Å². The van der Waals surface area contributed by atoms with Crippen molar-refractivity contribution < 1.29 is 18.3 Å². The van der Waals surface area contributed by atoms with E-state index in [0.717, 1.165) is 52.6 Å². The van der Waals surface area contributed by atoms with Crippen molar-refractivity contribution in [3.63, 3.8) is 0 Å². The minimum absolute atomic E-state index is 0.162. The maximum absolute atomic E-state index is 14.1. The average Bonchev–Trinajstić information content (AvgIpc) is 3.47. The van der Waals surface area contributed by atoms with Crippen LogP contribution in [0, 0.1) is 11.6 Å². The highest BCUT2D eigenvalue weighted by molar-refractivity contribution is 7.17. The topological polar surface area (TPSA) is 100 Å². The third kappa shape index (κ3) is 5.09. The highest BCUT2D eigenvalue weighted by Gasteiger charge is 2.25. The fourth-order valence-corrected chi connectivity index (χ4v) is 5.84. The van der Waals surface area contributed by atoms with Crippen molar-refractivity contribution in [3.05, 3.63) is 72.2 Å². The number of carbonyl (C=O) groups excluding carboxylic acids is 1. The molecule has 0 bridgehead atoms. The van der Waals surface area contributed by atoms with E-state index in [1.54, 1.807) is 10.7 Å². The maximum Gasteiger partial charge on any atom is 0.254 e. The number of pyridine rings is 2. The van der Waals surface area contributed by atoms with E-state index in [2.05, 4.69) is 34.8 Å². The van der Waals surface area contributed by atoms with E-state index in [1.165, 1.54) is 0 Å². The van der Waals surface area contributed by atoms with Crippen molar-refractivity contribution in [3.8, 4) is 16.9 Å². The van der Waals surface area contributed by atoms with Crippen LogP contribution in [-0.4, -0.2) is 62.1 Å². The van der Waals surface area contributed by atoms with Gasteiger partial charge in [0.15, 0.2) is 5.65 Å². The number of aromatic amines is 1. The van der Waals surface area contributed by atoms with Gasteiger partial charge in [0.05, 0.1) is 35.5 Å². The molecule has 2 unspecified atom stereocenters. The van der Waals surface area contributed by atoms with Gasteiger partial charge in [-0.2, -0.15) is 5.10 Å². The number of hydrogen-bond donors (Lipinski definition) is 2. The standard InChI is InChI=1S/C28H28F2N7O2P/c1-2-39-19-11-21(26-23-13-32-34-27(23)35-37(26)14-19)16-3-6-25(31-12-16)36-8-7-18(10-20(40)15-36)33-28(38)22-9-17(29)4-5-24(22)30/h3-6,9,11-14,18,20H,2,7-8,10,15,40H2,1H3,(H,33,38)(H,34,35)/t18-,20?/m0/s1. The zero-order valence-corrected chi connectivity index (χ0v) is 22.9. The molecule has 6 rings (SSSR count). The van der Waals surface area contributed by atoms with Crippen LogP contribution in [0.1, 0.15) is 30.1 Å². The second-order valence-corrected chi connectivity index (χ2v) is 10.8. The normalized spacial score (nSPS) is 17.8. The number of ether oxygens (including phenoxy) is 1. The number of amides is 1. The molecule has 5 heterocycles. The fourth-order valence-electron chi connectivity index (χ4n) is 5.26. The smallest absolute Gasteiger partial charge is 0.254 e. The van der Waals surface area contributed by atoms with Crippen molar-refractivity contribution in [1.29, 1.82) is 0 Å². The lowest BCUT2D eigenvalue weighted by molar-refractivity contribution is 0.0930. The molecular weight excluding hydrogens is 535 g/mol. The van der Waals surface area contributed by atoms with E-state index in [1.807, 2.05) is 37.5 Å². The van der Waals surface area contributed by atoms with E-state index in [-0.39, 0.29) is 17.3 Å². The molecule has 1 saturated heterocycles. The zero-order chi connectivity index (χ0) is 27.8. The molecule has 4 aromatic heterocycles. The Morgan fingerprint density at radius 1 is 1.23 bits per heavy atom. The Hall–Kier alpha value is -4.11. The van der Waals surface area contributed by atoms with Crippen molar-refractivity contribution in [2.75, 3.05) is 24.6 Å². The SMILES string of the molecule is CCOc1cc(-c2ccc(N3CC[C@H](NC(=O)c4cc(F)ccc4F)CC(P)C3)nc2)c2c3cn[nH]c3nn2c1. The summed E-state index contributed by atoms with van der Waals surface area (Å²) in [4.78, 5) is 19.6. The number of rotatable bonds is 6. The lowest BCUT2D eigenvalue weighted by Gasteiger charge is -2.23. The van der Waals surface area contributed by atoms with E-state index < -0.39 is 17.5 Å². The molecule has 0 saturated carbocycles. The van der Waals surface area contributed by atoms with Crippen LogP contribution in [0.15, 0.2) is 55.0 Å². The molecule has 1 aliphatic rings. The molecule has 206 valence electrons. The number of H-pyrrole nitrogens is 1. The summed E-state index contributed by atoms with van der Waals surface area (Å²) in [7, 11) is 2.83. The van der Waals surface area contributed by atoms with E-state index in [4.69, 9.17) is 9.72 Å². The number of nitrogens with one attached hydrogen (secondary N) is 2. The van der Waals surface area contributed by atoms with Gasteiger partial charge in [0.1, 0.15) is 23.2 Å². The number of benzene rings is 1. The summed E-state index contributed by atoms with van der Waals surface area (Å²) in [6.07, 6.45) is 6.78. The third-order valence-corrected chi connectivity index (χ3v) is 7.58. The number of hydrogen-bond acceptors (Lipinski definition) is 6. The first-order chi connectivity index (χ1) is 19.4. The molecule has 40 heavy (non-hydrogen) atoms. The summed E-state index contributed by atoms with van der Waals surface area (Å²) in [6.45, 7) is 3.84. The first-order valence-corrected chi connectivity index (χ1v) is 13.8. The van der Waals surface area contributed by atoms with Crippen LogP contribution in [-0.2, 0) is 0 Å². The van der Waals surface area contributed by atoms with Gasteiger partial charge in [-0.3, -0.25) is 9.89 Å². The molecule has 5 aromatic rings. The second kappa shape index (κ2) is 10.8. The minimum Gasteiger partial charge on any atom is -0.492 e. The van der Waals surface area contributed by atoms with Gasteiger partial charge in [0.25, 0.3) is 5.91 Å². The molecule has 9 nitrogen and oxygen atoms in total. The van der Waals surface area contributed by atoms with Crippen LogP contribution >= 0.6 is 9.24 Å². The van der Waals surface area contributed by atoms with E-state index >= 15 is 0 Å². The zero-order valence-electron chi connectivity index (χ0n) is 21.8. The van der Waals surface area contributed by atoms with Crippen LogP contribution in [0.25, 0.3) is 27.7 Å². The number of anilines is 1. The summed E-state index contributed by atoms with van der Waals surface area (Å²) in [5.74, 6) is -0.475. The van der Waals surface area contributed by atoms with Gasteiger partial charge in [0, 0.05) is 36.5 Å². The maximum atomic E-state index is 14.1. The van der Waals surface area contributed by atoms with Crippen molar-refractivity contribution in [2.45, 2.75) is 31.5 Å². The molecule has 1 fully saturated rings. The van der Waals surface area contributed by atoms with Crippen LogP contribution in [0.2, 0.25) is 0 Å². The molecule has 12 heteroatoms. The molecule has 0 aliphatic carbocycles. The van der Waals surface area contributed by atoms with Gasteiger partial charge in [-0.05, 0) is 61.8 Å². The molecule has 1 aliphatic heterocycles. The van der Waals surface area contributed by atoms with Crippen molar-refractivity contribution >= 4 is 37.5 Å². The number of fused-ring (bicyclic) bond motifs is 3. The number of nitrogens with zero attached hydrogens (tertiary/aromatic N) is 5. The molecule has 2 N–H and O–H groups in total. The van der Waals surface area contributed by atoms with Gasteiger partial charge >= 0.3 is 0 Å². The minimum atomic E-state index is -0.741. The second-order valence-electron chi connectivity index (χ2n) is 9.88. The van der Waals surface area contributed by atoms with Crippen LogP contribution in [0.5, 0.6) is 5.75 Å². The van der Waals surface area contributed by atoms with Crippen molar-refractivity contribution in [1.82, 2.24) is 30.1 Å². The predicted octanol–water partition coefficient (Wildman–Crippen LogP) is 4.59. The summed E-state index contributed by atoms with van der Waals surface area (Å²) >= 11 is 0. The fraction of sp³-hybridized carbons (Fsp3) is 0.286. The monoisotopic (exact) mass is 563 g/mol. The molecular formula is C28H28F2N7O2P. The highest BCUT2D eigenvalue weighted by atomic mass is 31.0. The summed E-state index contributed by atoms with van der Waals surface area (Å²) < 4.78 is 35.3. The Morgan fingerprint density at radius 3 is 2.90 bits per heavy atom. The Kier molecular flexibility index (Phi) is 7.06.